The maximum atomic E-state index is 13.7. The van der Waals surface area contributed by atoms with Crippen LogP contribution in [0.5, 0.6) is 5.75 Å². The number of aryl methyl sites for hydroxylation is 1. The summed E-state index contributed by atoms with van der Waals surface area (Å²) in [5, 5.41) is 0. The minimum absolute atomic E-state index is 0.332. The van der Waals surface area contributed by atoms with Crippen molar-refractivity contribution in [1.29, 1.82) is 0 Å². The van der Waals surface area contributed by atoms with Gasteiger partial charge in [-0.05, 0) is 80.3 Å². The van der Waals surface area contributed by atoms with Crippen molar-refractivity contribution in [3.05, 3.63) is 59.4 Å². The molecule has 0 radical (unpaired) electrons. The number of pyridine rings is 1. The summed E-state index contributed by atoms with van der Waals surface area (Å²) in [5.41, 5.74) is 3.28. The van der Waals surface area contributed by atoms with E-state index >= 15 is 0 Å². The standard InChI is InChI=1S/C25H32N2O2/c1-19-17-21(9-14-26-19)18-20-10-15-27(16-11-20)24(28)25(12-3-4-13-25)22-5-7-23(29-2)8-6-22/h5-9,14,17,20H,3-4,10-13,15-16,18H2,1-2H3. The molecule has 2 aliphatic rings. The highest BCUT2D eigenvalue weighted by Crippen LogP contribution is 2.43. The molecule has 154 valence electrons. The predicted molar refractivity (Wildman–Crippen MR) is 115 cm³/mol. The van der Waals surface area contributed by atoms with Gasteiger partial charge in [-0.2, -0.15) is 0 Å². The normalized spacial score (nSPS) is 19.3. The molecule has 1 aliphatic carbocycles. The average Bonchev–Trinajstić information content (AvgIpc) is 3.25. The maximum Gasteiger partial charge on any atom is 0.233 e. The summed E-state index contributed by atoms with van der Waals surface area (Å²) in [4.78, 5) is 20.1. The third-order valence-electron chi connectivity index (χ3n) is 6.90. The summed E-state index contributed by atoms with van der Waals surface area (Å²) >= 11 is 0. The Bertz CT molecular complexity index is 832. The minimum Gasteiger partial charge on any atom is -0.497 e. The monoisotopic (exact) mass is 392 g/mol. The van der Waals surface area contributed by atoms with Crippen LogP contribution in [0.4, 0.5) is 0 Å². The highest BCUT2D eigenvalue weighted by Gasteiger charge is 2.45. The van der Waals surface area contributed by atoms with E-state index in [9.17, 15) is 4.79 Å². The number of piperidine rings is 1. The van der Waals surface area contributed by atoms with Crippen molar-refractivity contribution in [2.24, 2.45) is 5.92 Å². The Balaban J connectivity index is 1.43. The fourth-order valence-electron chi connectivity index (χ4n) is 5.22. The van der Waals surface area contributed by atoms with Crippen molar-refractivity contribution in [2.45, 2.75) is 57.3 Å². The first-order chi connectivity index (χ1) is 14.1. The van der Waals surface area contributed by atoms with E-state index in [1.165, 1.54) is 5.56 Å². The Kier molecular flexibility index (Phi) is 5.89. The molecule has 2 heterocycles. The lowest BCUT2D eigenvalue weighted by molar-refractivity contribution is -0.138. The number of benzene rings is 1. The minimum atomic E-state index is -0.332. The summed E-state index contributed by atoms with van der Waals surface area (Å²) in [6, 6.07) is 12.5. The Labute approximate surface area is 174 Å². The molecule has 1 amide bonds. The molecular weight excluding hydrogens is 360 g/mol. The fourth-order valence-corrected chi connectivity index (χ4v) is 5.22. The molecule has 1 aliphatic heterocycles. The zero-order valence-corrected chi connectivity index (χ0v) is 17.7. The molecule has 1 saturated heterocycles. The number of amides is 1. The summed E-state index contributed by atoms with van der Waals surface area (Å²) < 4.78 is 5.31. The molecule has 0 N–H and O–H groups in total. The van der Waals surface area contributed by atoms with Gasteiger partial charge in [-0.15, -0.1) is 0 Å². The van der Waals surface area contributed by atoms with Crippen LogP contribution in [-0.4, -0.2) is 36.0 Å². The SMILES string of the molecule is COc1ccc(C2(C(=O)N3CCC(Cc4ccnc(C)c4)CC3)CCCC2)cc1. The number of rotatable bonds is 5. The second-order valence-corrected chi connectivity index (χ2v) is 8.76. The van der Waals surface area contributed by atoms with Crippen LogP contribution < -0.4 is 4.74 Å². The molecule has 2 aromatic rings. The molecule has 0 atom stereocenters. The number of carbonyl (C=O) groups is 1. The van der Waals surface area contributed by atoms with Gasteiger partial charge in [-0.25, -0.2) is 0 Å². The van der Waals surface area contributed by atoms with Crippen LogP contribution in [0.3, 0.4) is 0 Å². The smallest absolute Gasteiger partial charge is 0.233 e. The van der Waals surface area contributed by atoms with E-state index in [0.29, 0.717) is 11.8 Å². The number of methoxy groups -OCH3 is 1. The fraction of sp³-hybridized carbons (Fsp3) is 0.520. The van der Waals surface area contributed by atoms with Gasteiger partial charge in [0.05, 0.1) is 12.5 Å². The second kappa shape index (κ2) is 8.56. The van der Waals surface area contributed by atoms with Gasteiger partial charge < -0.3 is 9.64 Å². The van der Waals surface area contributed by atoms with Crippen LogP contribution in [0.1, 0.15) is 55.3 Å². The lowest BCUT2D eigenvalue weighted by atomic mass is 9.76. The summed E-state index contributed by atoms with van der Waals surface area (Å²) in [6.07, 6.45) is 9.38. The lowest BCUT2D eigenvalue weighted by Crippen LogP contribution is -2.48. The highest BCUT2D eigenvalue weighted by molar-refractivity contribution is 5.88. The first-order valence-electron chi connectivity index (χ1n) is 11.0. The van der Waals surface area contributed by atoms with E-state index in [0.717, 1.165) is 75.0 Å². The topological polar surface area (TPSA) is 42.4 Å². The van der Waals surface area contributed by atoms with Crippen molar-refractivity contribution >= 4 is 5.91 Å². The molecule has 0 spiro atoms. The number of nitrogens with zero attached hydrogens (tertiary/aromatic N) is 2. The molecule has 1 aromatic heterocycles. The van der Waals surface area contributed by atoms with E-state index in [1.54, 1.807) is 7.11 Å². The molecular formula is C25H32N2O2. The number of hydrogen-bond donors (Lipinski definition) is 0. The largest absolute Gasteiger partial charge is 0.497 e. The van der Waals surface area contributed by atoms with E-state index in [4.69, 9.17) is 4.74 Å². The first kappa shape index (κ1) is 19.9. The maximum absolute atomic E-state index is 13.7. The van der Waals surface area contributed by atoms with Crippen LogP contribution in [0.2, 0.25) is 0 Å². The molecule has 0 unspecified atom stereocenters. The van der Waals surface area contributed by atoms with Gasteiger partial charge >= 0.3 is 0 Å². The van der Waals surface area contributed by atoms with Crippen LogP contribution in [0.15, 0.2) is 42.6 Å². The number of aromatic nitrogens is 1. The van der Waals surface area contributed by atoms with Crippen molar-refractivity contribution in [2.75, 3.05) is 20.2 Å². The van der Waals surface area contributed by atoms with E-state index in [1.807, 2.05) is 25.3 Å². The molecule has 29 heavy (non-hydrogen) atoms. The molecule has 4 rings (SSSR count). The van der Waals surface area contributed by atoms with Gasteiger partial charge in [0.2, 0.25) is 5.91 Å². The van der Waals surface area contributed by atoms with Crippen LogP contribution in [0.25, 0.3) is 0 Å². The first-order valence-corrected chi connectivity index (χ1v) is 11.0. The average molecular weight is 393 g/mol. The second-order valence-electron chi connectivity index (χ2n) is 8.76. The van der Waals surface area contributed by atoms with Gasteiger partial charge in [0.15, 0.2) is 0 Å². The van der Waals surface area contributed by atoms with Crippen molar-refractivity contribution in [3.63, 3.8) is 0 Å². The third kappa shape index (κ3) is 4.17. The summed E-state index contributed by atoms with van der Waals surface area (Å²) in [7, 11) is 1.68. The van der Waals surface area contributed by atoms with Crippen molar-refractivity contribution < 1.29 is 9.53 Å². The Hall–Kier alpha value is -2.36. The molecule has 0 bridgehead atoms. The highest BCUT2D eigenvalue weighted by atomic mass is 16.5. The lowest BCUT2D eigenvalue weighted by Gasteiger charge is -2.39. The van der Waals surface area contributed by atoms with Crippen LogP contribution >= 0.6 is 0 Å². The van der Waals surface area contributed by atoms with E-state index in [-0.39, 0.29) is 5.41 Å². The Morgan fingerprint density at radius 1 is 1.14 bits per heavy atom. The summed E-state index contributed by atoms with van der Waals surface area (Å²) in [6.45, 7) is 3.81. The van der Waals surface area contributed by atoms with Gasteiger partial charge in [-0.3, -0.25) is 9.78 Å². The van der Waals surface area contributed by atoms with E-state index in [2.05, 4.69) is 34.1 Å². The molecule has 4 nitrogen and oxygen atoms in total. The quantitative estimate of drug-likeness (QED) is 0.741. The van der Waals surface area contributed by atoms with Crippen LogP contribution in [0, 0.1) is 12.8 Å². The number of ether oxygens (including phenoxy) is 1. The zero-order chi connectivity index (χ0) is 20.3. The molecule has 4 heteroatoms. The van der Waals surface area contributed by atoms with Gasteiger partial charge in [0.1, 0.15) is 5.75 Å². The number of hydrogen-bond acceptors (Lipinski definition) is 3. The number of likely N-dealkylation sites (tertiary alicyclic amines) is 1. The van der Waals surface area contributed by atoms with Crippen LogP contribution in [-0.2, 0) is 16.6 Å². The number of carbonyl (C=O) groups excluding carboxylic acids is 1. The van der Waals surface area contributed by atoms with Gasteiger partial charge in [0, 0.05) is 25.0 Å². The van der Waals surface area contributed by atoms with Gasteiger partial charge in [-0.1, -0.05) is 25.0 Å². The molecule has 1 saturated carbocycles. The zero-order valence-electron chi connectivity index (χ0n) is 17.7. The van der Waals surface area contributed by atoms with E-state index < -0.39 is 0 Å². The van der Waals surface area contributed by atoms with Gasteiger partial charge in [0.25, 0.3) is 0 Å². The third-order valence-corrected chi connectivity index (χ3v) is 6.90. The Morgan fingerprint density at radius 2 is 1.83 bits per heavy atom. The molecule has 2 fully saturated rings. The van der Waals surface area contributed by atoms with Crippen molar-refractivity contribution in [1.82, 2.24) is 9.88 Å². The Morgan fingerprint density at radius 3 is 2.45 bits per heavy atom. The van der Waals surface area contributed by atoms with Crippen molar-refractivity contribution in [3.8, 4) is 5.75 Å². The molecule has 1 aromatic carbocycles. The predicted octanol–water partition coefficient (Wildman–Crippen LogP) is 4.69. The summed E-state index contributed by atoms with van der Waals surface area (Å²) in [5.74, 6) is 1.85.